The highest BCUT2D eigenvalue weighted by atomic mass is 16.2. The lowest BCUT2D eigenvalue weighted by Gasteiger charge is -2.28. The Labute approximate surface area is 148 Å². The molecule has 0 atom stereocenters. The molecule has 0 spiro atoms. The summed E-state index contributed by atoms with van der Waals surface area (Å²) in [5.41, 5.74) is 1.47. The number of para-hydroxylation sites is 1. The van der Waals surface area contributed by atoms with E-state index in [0.29, 0.717) is 41.0 Å². The molecular formula is C18H17N5O3. The second-order valence-electron chi connectivity index (χ2n) is 6.34. The molecule has 1 aliphatic heterocycles. The number of nitrogens with zero attached hydrogens (tertiary/aromatic N) is 4. The molecule has 3 aromatic rings. The van der Waals surface area contributed by atoms with Gasteiger partial charge >= 0.3 is 0 Å². The van der Waals surface area contributed by atoms with Gasteiger partial charge in [-0.3, -0.25) is 19.0 Å². The van der Waals surface area contributed by atoms with Crippen LogP contribution in [0.4, 0.5) is 0 Å². The van der Waals surface area contributed by atoms with E-state index < -0.39 is 0 Å². The molecule has 2 aromatic heterocycles. The standard InChI is InChI=1S/C18H17N5O3/c1-11-20-15-8-22(7-6-12(15)17(25)21-11)16(24)9-23-10-19-14-5-3-2-4-13(14)18(23)26/h2-5,10H,6-9H2,1H3,(H,20,21,25). The van der Waals surface area contributed by atoms with Crippen LogP contribution in [0.1, 0.15) is 17.1 Å². The van der Waals surface area contributed by atoms with Crippen molar-refractivity contribution in [2.24, 2.45) is 0 Å². The summed E-state index contributed by atoms with van der Waals surface area (Å²) in [6, 6.07) is 7.04. The molecule has 0 aliphatic carbocycles. The largest absolute Gasteiger partial charge is 0.335 e. The lowest BCUT2D eigenvalue weighted by molar-refractivity contribution is -0.132. The zero-order valence-corrected chi connectivity index (χ0v) is 14.2. The van der Waals surface area contributed by atoms with Gasteiger partial charge in [-0.1, -0.05) is 12.1 Å². The van der Waals surface area contributed by atoms with Crippen molar-refractivity contribution in [2.75, 3.05) is 6.54 Å². The first-order valence-electron chi connectivity index (χ1n) is 8.33. The van der Waals surface area contributed by atoms with Crippen molar-refractivity contribution in [3.05, 3.63) is 68.4 Å². The van der Waals surface area contributed by atoms with Gasteiger partial charge in [-0.15, -0.1) is 0 Å². The first-order chi connectivity index (χ1) is 12.5. The van der Waals surface area contributed by atoms with Crippen molar-refractivity contribution in [2.45, 2.75) is 26.4 Å². The van der Waals surface area contributed by atoms with Crippen molar-refractivity contribution in [1.82, 2.24) is 24.4 Å². The summed E-state index contributed by atoms with van der Waals surface area (Å²) < 4.78 is 1.32. The van der Waals surface area contributed by atoms with Crippen molar-refractivity contribution in [3.8, 4) is 0 Å². The van der Waals surface area contributed by atoms with E-state index in [1.54, 1.807) is 30.0 Å². The molecule has 0 unspecified atom stereocenters. The number of rotatable bonds is 2. The number of hydrogen-bond acceptors (Lipinski definition) is 5. The van der Waals surface area contributed by atoms with Crippen LogP contribution in [0.15, 0.2) is 40.2 Å². The Morgan fingerprint density at radius 2 is 2.08 bits per heavy atom. The predicted octanol–water partition coefficient (Wildman–Crippen LogP) is 0.373. The van der Waals surface area contributed by atoms with Crippen LogP contribution in [0, 0.1) is 6.92 Å². The third-order valence-electron chi connectivity index (χ3n) is 4.58. The molecule has 0 radical (unpaired) electrons. The Balaban J connectivity index is 1.59. The topological polar surface area (TPSA) is 101 Å². The summed E-state index contributed by atoms with van der Waals surface area (Å²) in [7, 11) is 0. The Kier molecular flexibility index (Phi) is 3.87. The quantitative estimate of drug-likeness (QED) is 0.719. The Morgan fingerprint density at radius 1 is 1.27 bits per heavy atom. The van der Waals surface area contributed by atoms with E-state index in [9.17, 15) is 14.4 Å². The van der Waals surface area contributed by atoms with Gasteiger partial charge in [0.05, 0.1) is 29.5 Å². The van der Waals surface area contributed by atoms with Crippen molar-refractivity contribution in [3.63, 3.8) is 0 Å². The maximum atomic E-state index is 12.7. The number of benzene rings is 1. The van der Waals surface area contributed by atoms with E-state index in [0.717, 1.165) is 0 Å². The average molecular weight is 351 g/mol. The van der Waals surface area contributed by atoms with Gasteiger partial charge in [0, 0.05) is 12.1 Å². The van der Waals surface area contributed by atoms with Gasteiger partial charge in [0.2, 0.25) is 5.91 Å². The molecule has 4 rings (SSSR count). The number of aromatic nitrogens is 4. The molecule has 3 heterocycles. The number of carbonyl (C=O) groups is 1. The summed E-state index contributed by atoms with van der Waals surface area (Å²) in [6.07, 6.45) is 1.85. The number of hydrogen-bond donors (Lipinski definition) is 1. The number of nitrogens with one attached hydrogen (secondary N) is 1. The van der Waals surface area contributed by atoms with Crippen LogP contribution >= 0.6 is 0 Å². The Hall–Kier alpha value is -3.29. The number of fused-ring (bicyclic) bond motifs is 2. The molecule has 8 heteroatoms. The molecule has 1 N–H and O–H groups in total. The highest BCUT2D eigenvalue weighted by Gasteiger charge is 2.24. The van der Waals surface area contributed by atoms with Gasteiger partial charge in [-0.2, -0.15) is 0 Å². The van der Waals surface area contributed by atoms with Gasteiger partial charge in [-0.25, -0.2) is 9.97 Å². The molecule has 0 bridgehead atoms. The molecule has 1 aliphatic rings. The van der Waals surface area contributed by atoms with E-state index in [1.165, 1.54) is 10.9 Å². The Morgan fingerprint density at radius 3 is 2.92 bits per heavy atom. The van der Waals surface area contributed by atoms with Crippen LogP contribution in [0.25, 0.3) is 10.9 Å². The molecule has 0 saturated heterocycles. The lowest BCUT2D eigenvalue weighted by atomic mass is 10.1. The molecule has 132 valence electrons. The third-order valence-corrected chi connectivity index (χ3v) is 4.58. The molecule has 8 nitrogen and oxygen atoms in total. The minimum Gasteiger partial charge on any atom is -0.335 e. The molecular weight excluding hydrogens is 334 g/mol. The highest BCUT2D eigenvalue weighted by molar-refractivity contribution is 5.79. The predicted molar refractivity (Wildman–Crippen MR) is 94.7 cm³/mol. The summed E-state index contributed by atoms with van der Waals surface area (Å²) in [5.74, 6) is 0.326. The van der Waals surface area contributed by atoms with Gasteiger partial charge in [-0.05, 0) is 25.5 Å². The van der Waals surface area contributed by atoms with Crippen LogP contribution < -0.4 is 11.1 Å². The first-order valence-corrected chi connectivity index (χ1v) is 8.33. The monoisotopic (exact) mass is 351 g/mol. The van der Waals surface area contributed by atoms with E-state index in [1.807, 2.05) is 6.07 Å². The Bertz CT molecular complexity index is 1130. The fourth-order valence-corrected chi connectivity index (χ4v) is 3.24. The molecule has 1 aromatic carbocycles. The second-order valence-corrected chi connectivity index (χ2v) is 6.34. The fraction of sp³-hybridized carbons (Fsp3) is 0.278. The van der Waals surface area contributed by atoms with E-state index in [-0.39, 0.29) is 30.1 Å². The minimum atomic E-state index is -0.244. The SMILES string of the molecule is Cc1nc2c(c(=O)[nH]1)CCN(C(=O)Cn1cnc3ccccc3c1=O)C2. The molecule has 0 saturated carbocycles. The zero-order chi connectivity index (χ0) is 18.3. The normalized spacial score (nSPS) is 13.7. The van der Waals surface area contributed by atoms with E-state index >= 15 is 0 Å². The summed E-state index contributed by atoms with van der Waals surface area (Å²) >= 11 is 0. The molecule has 1 amide bonds. The van der Waals surface area contributed by atoms with Crippen LogP contribution in [0.5, 0.6) is 0 Å². The molecule has 0 fully saturated rings. The summed E-state index contributed by atoms with van der Waals surface area (Å²) in [4.78, 5) is 50.0. The zero-order valence-electron chi connectivity index (χ0n) is 14.2. The smallest absolute Gasteiger partial charge is 0.261 e. The van der Waals surface area contributed by atoms with Gasteiger partial charge in [0.15, 0.2) is 0 Å². The number of amides is 1. The van der Waals surface area contributed by atoms with Crippen LogP contribution in [-0.4, -0.2) is 36.9 Å². The van der Waals surface area contributed by atoms with Gasteiger partial charge in [0.25, 0.3) is 11.1 Å². The lowest BCUT2D eigenvalue weighted by Crippen LogP contribution is -2.42. The average Bonchev–Trinajstić information content (AvgIpc) is 2.63. The molecule has 26 heavy (non-hydrogen) atoms. The van der Waals surface area contributed by atoms with Crippen molar-refractivity contribution < 1.29 is 4.79 Å². The number of aromatic amines is 1. The van der Waals surface area contributed by atoms with Gasteiger partial charge in [0.1, 0.15) is 12.4 Å². The first kappa shape index (κ1) is 16.2. The maximum Gasteiger partial charge on any atom is 0.261 e. The summed E-state index contributed by atoms with van der Waals surface area (Å²) in [6.45, 7) is 2.32. The third kappa shape index (κ3) is 2.79. The van der Waals surface area contributed by atoms with Gasteiger partial charge < -0.3 is 9.88 Å². The van der Waals surface area contributed by atoms with E-state index in [2.05, 4.69) is 15.0 Å². The maximum absolute atomic E-state index is 12.7. The minimum absolute atomic E-state index is 0.0891. The second kappa shape index (κ2) is 6.21. The van der Waals surface area contributed by atoms with Crippen molar-refractivity contribution >= 4 is 16.8 Å². The van der Waals surface area contributed by atoms with Crippen LogP contribution in [0.2, 0.25) is 0 Å². The van der Waals surface area contributed by atoms with Crippen LogP contribution in [-0.2, 0) is 24.3 Å². The van der Waals surface area contributed by atoms with Crippen molar-refractivity contribution in [1.29, 1.82) is 0 Å². The fourth-order valence-electron chi connectivity index (χ4n) is 3.24. The van der Waals surface area contributed by atoms with Crippen LogP contribution in [0.3, 0.4) is 0 Å². The number of carbonyl (C=O) groups excluding carboxylic acids is 1. The summed E-state index contributed by atoms with van der Waals surface area (Å²) in [5, 5.41) is 0.482. The number of H-pyrrole nitrogens is 1. The van der Waals surface area contributed by atoms with E-state index in [4.69, 9.17) is 0 Å². The number of aryl methyl sites for hydroxylation is 1. The highest BCUT2D eigenvalue weighted by Crippen LogP contribution is 2.14.